The van der Waals surface area contributed by atoms with Crippen molar-refractivity contribution in [2.75, 3.05) is 5.32 Å². The van der Waals surface area contributed by atoms with Gasteiger partial charge in [0.05, 0.1) is 5.69 Å². The minimum Gasteiger partial charge on any atom is -0.322 e. The maximum atomic E-state index is 13.4. The molecule has 0 aromatic heterocycles. The predicted octanol–water partition coefficient (Wildman–Crippen LogP) is 2.74. The number of nitrogens with one attached hydrogen (secondary N) is 1. The van der Waals surface area contributed by atoms with Crippen LogP contribution in [0, 0.1) is 17.5 Å². The molecule has 2 aromatic rings. The molecular formula is C14H11F3N2O. The Morgan fingerprint density at radius 1 is 1.00 bits per heavy atom. The van der Waals surface area contributed by atoms with Crippen molar-refractivity contribution in [3.8, 4) is 0 Å². The Balaban J connectivity index is 2.18. The van der Waals surface area contributed by atoms with Gasteiger partial charge in [0.2, 0.25) is 5.91 Å². The maximum Gasteiger partial charge on any atom is 0.245 e. The molecule has 3 nitrogen and oxygen atoms in total. The maximum absolute atomic E-state index is 13.4. The van der Waals surface area contributed by atoms with Gasteiger partial charge >= 0.3 is 0 Å². The van der Waals surface area contributed by atoms with E-state index in [9.17, 15) is 18.0 Å². The molecule has 0 aliphatic rings. The van der Waals surface area contributed by atoms with E-state index in [-0.39, 0.29) is 0 Å². The zero-order valence-corrected chi connectivity index (χ0v) is 10.2. The lowest BCUT2D eigenvalue weighted by Gasteiger charge is -2.13. The fourth-order valence-corrected chi connectivity index (χ4v) is 1.64. The van der Waals surface area contributed by atoms with Crippen LogP contribution in [-0.4, -0.2) is 5.91 Å². The molecule has 0 spiro atoms. The number of amides is 1. The van der Waals surface area contributed by atoms with Crippen LogP contribution in [-0.2, 0) is 4.79 Å². The molecule has 1 atom stereocenters. The van der Waals surface area contributed by atoms with Crippen LogP contribution < -0.4 is 11.1 Å². The van der Waals surface area contributed by atoms with Crippen LogP contribution in [0.1, 0.15) is 11.6 Å². The molecule has 6 heteroatoms. The monoisotopic (exact) mass is 280 g/mol. The smallest absolute Gasteiger partial charge is 0.245 e. The van der Waals surface area contributed by atoms with Gasteiger partial charge in [0.15, 0.2) is 17.5 Å². The first-order chi connectivity index (χ1) is 9.50. The Morgan fingerprint density at radius 3 is 2.30 bits per heavy atom. The second kappa shape index (κ2) is 5.75. The molecule has 0 aliphatic carbocycles. The first-order valence-corrected chi connectivity index (χ1v) is 5.75. The van der Waals surface area contributed by atoms with Gasteiger partial charge in [-0.3, -0.25) is 4.79 Å². The number of hydrogen-bond acceptors (Lipinski definition) is 2. The zero-order chi connectivity index (χ0) is 14.7. The van der Waals surface area contributed by atoms with Gasteiger partial charge < -0.3 is 11.1 Å². The van der Waals surface area contributed by atoms with Gasteiger partial charge in [0.1, 0.15) is 6.04 Å². The molecule has 2 rings (SSSR count). The summed E-state index contributed by atoms with van der Waals surface area (Å²) in [4.78, 5) is 11.8. The van der Waals surface area contributed by atoms with E-state index >= 15 is 0 Å². The summed E-state index contributed by atoms with van der Waals surface area (Å²) in [7, 11) is 0. The summed E-state index contributed by atoms with van der Waals surface area (Å²) in [6.45, 7) is 0. The largest absolute Gasteiger partial charge is 0.322 e. The Bertz CT molecular complexity index is 632. The zero-order valence-electron chi connectivity index (χ0n) is 10.2. The van der Waals surface area contributed by atoms with Gasteiger partial charge in [0.25, 0.3) is 0 Å². The van der Waals surface area contributed by atoms with Crippen LogP contribution in [0.4, 0.5) is 18.9 Å². The molecule has 0 unspecified atom stereocenters. The summed E-state index contributed by atoms with van der Waals surface area (Å²) in [5, 5.41) is 2.13. The summed E-state index contributed by atoms with van der Waals surface area (Å²) in [5.41, 5.74) is 5.77. The third-order valence-electron chi connectivity index (χ3n) is 2.73. The molecule has 0 bridgehead atoms. The van der Waals surface area contributed by atoms with Crippen molar-refractivity contribution < 1.29 is 18.0 Å². The number of hydrogen-bond donors (Lipinski definition) is 2. The SMILES string of the molecule is N[C@H](C(=O)Nc1ccc(F)c(F)c1F)c1ccccc1. The lowest BCUT2D eigenvalue weighted by Crippen LogP contribution is -2.28. The van der Waals surface area contributed by atoms with Crippen molar-refractivity contribution in [3.05, 3.63) is 65.5 Å². The van der Waals surface area contributed by atoms with E-state index < -0.39 is 35.1 Å². The summed E-state index contributed by atoms with van der Waals surface area (Å²) in [6.07, 6.45) is 0. The van der Waals surface area contributed by atoms with E-state index in [0.717, 1.165) is 12.1 Å². The Kier molecular flexibility index (Phi) is 4.05. The summed E-state index contributed by atoms with van der Waals surface area (Å²) in [5.74, 6) is -5.15. The Hall–Kier alpha value is -2.34. The number of carbonyl (C=O) groups excluding carboxylic acids is 1. The lowest BCUT2D eigenvalue weighted by atomic mass is 10.1. The molecule has 0 saturated heterocycles. The van der Waals surface area contributed by atoms with E-state index in [1.165, 1.54) is 0 Å². The number of anilines is 1. The van der Waals surface area contributed by atoms with Crippen LogP contribution in [0.5, 0.6) is 0 Å². The molecule has 0 aliphatic heterocycles. The number of benzene rings is 2. The van der Waals surface area contributed by atoms with Crippen LogP contribution in [0.25, 0.3) is 0 Å². The first kappa shape index (κ1) is 14.1. The van der Waals surface area contributed by atoms with Crippen LogP contribution >= 0.6 is 0 Å². The number of rotatable bonds is 3. The van der Waals surface area contributed by atoms with Gasteiger partial charge in [-0.05, 0) is 17.7 Å². The normalized spacial score (nSPS) is 12.0. The summed E-state index contributed by atoms with van der Waals surface area (Å²) >= 11 is 0. The Morgan fingerprint density at radius 2 is 1.65 bits per heavy atom. The third kappa shape index (κ3) is 2.80. The van der Waals surface area contributed by atoms with Gasteiger partial charge in [-0.2, -0.15) is 0 Å². The summed E-state index contributed by atoms with van der Waals surface area (Å²) in [6, 6.07) is 9.02. The molecule has 104 valence electrons. The lowest BCUT2D eigenvalue weighted by molar-refractivity contribution is -0.117. The molecule has 0 heterocycles. The number of nitrogens with two attached hydrogens (primary N) is 1. The fourth-order valence-electron chi connectivity index (χ4n) is 1.64. The molecule has 2 aromatic carbocycles. The van der Waals surface area contributed by atoms with E-state index in [1.54, 1.807) is 30.3 Å². The third-order valence-corrected chi connectivity index (χ3v) is 2.73. The van der Waals surface area contributed by atoms with Crippen molar-refractivity contribution in [3.63, 3.8) is 0 Å². The van der Waals surface area contributed by atoms with E-state index in [4.69, 9.17) is 5.73 Å². The van der Waals surface area contributed by atoms with E-state index in [1.807, 2.05) is 0 Å². The molecule has 0 saturated carbocycles. The highest BCUT2D eigenvalue weighted by Crippen LogP contribution is 2.21. The van der Waals surface area contributed by atoms with Crippen molar-refractivity contribution in [1.29, 1.82) is 0 Å². The van der Waals surface area contributed by atoms with Crippen molar-refractivity contribution in [2.24, 2.45) is 5.73 Å². The first-order valence-electron chi connectivity index (χ1n) is 5.75. The average Bonchev–Trinajstić information content (AvgIpc) is 2.48. The molecule has 0 fully saturated rings. The van der Waals surface area contributed by atoms with Gasteiger partial charge in [0, 0.05) is 0 Å². The second-order valence-electron chi connectivity index (χ2n) is 4.10. The standard InChI is InChI=1S/C14H11F3N2O/c15-9-6-7-10(12(17)11(9)16)19-14(20)13(18)8-4-2-1-3-5-8/h1-7,13H,18H2,(H,19,20)/t13-/m0/s1. The van der Waals surface area contributed by atoms with Gasteiger partial charge in [-0.25, -0.2) is 13.2 Å². The highest BCUT2D eigenvalue weighted by molar-refractivity contribution is 5.95. The molecule has 20 heavy (non-hydrogen) atoms. The molecule has 1 amide bonds. The van der Waals surface area contributed by atoms with Crippen molar-refractivity contribution in [2.45, 2.75) is 6.04 Å². The predicted molar refractivity (Wildman–Crippen MR) is 68.3 cm³/mol. The average molecular weight is 280 g/mol. The molecule has 0 radical (unpaired) electrons. The van der Waals surface area contributed by atoms with Crippen LogP contribution in [0.2, 0.25) is 0 Å². The van der Waals surface area contributed by atoms with Crippen molar-refractivity contribution in [1.82, 2.24) is 0 Å². The Labute approximate surface area is 113 Å². The number of halogens is 3. The van der Waals surface area contributed by atoms with Gasteiger partial charge in [-0.1, -0.05) is 30.3 Å². The van der Waals surface area contributed by atoms with Gasteiger partial charge in [-0.15, -0.1) is 0 Å². The van der Waals surface area contributed by atoms with Crippen LogP contribution in [0.15, 0.2) is 42.5 Å². The van der Waals surface area contributed by atoms with E-state index in [0.29, 0.717) is 5.56 Å². The highest BCUT2D eigenvalue weighted by atomic mass is 19.2. The summed E-state index contributed by atoms with van der Waals surface area (Å²) < 4.78 is 39.2. The topological polar surface area (TPSA) is 55.1 Å². The molecule has 3 N–H and O–H groups in total. The minimum absolute atomic E-state index is 0.458. The fraction of sp³-hybridized carbons (Fsp3) is 0.0714. The quantitative estimate of drug-likeness (QED) is 0.849. The van der Waals surface area contributed by atoms with E-state index in [2.05, 4.69) is 5.32 Å². The van der Waals surface area contributed by atoms with Crippen LogP contribution in [0.3, 0.4) is 0 Å². The second-order valence-corrected chi connectivity index (χ2v) is 4.10. The minimum atomic E-state index is -1.64. The highest BCUT2D eigenvalue weighted by Gasteiger charge is 2.19. The number of carbonyl (C=O) groups is 1. The molecular weight excluding hydrogens is 269 g/mol. The van der Waals surface area contributed by atoms with Crippen molar-refractivity contribution >= 4 is 11.6 Å².